The molecule has 0 spiro atoms. The zero-order valence-electron chi connectivity index (χ0n) is 18.4. The zero-order chi connectivity index (χ0) is 19.7. The van der Waals surface area contributed by atoms with Crippen LogP contribution in [-0.2, 0) is 13.9 Å². The monoisotopic (exact) mass is 386 g/mol. The second-order valence-electron chi connectivity index (χ2n) is 9.05. The van der Waals surface area contributed by atoms with E-state index in [1.54, 1.807) is 0 Å². The van der Waals surface area contributed by atoms with Crippen molar-refractivity contribution < 1.29 is 13.9 Å². The van der Waals surface area contributed by atoms with E-state index < -0.39 is 16.4 Å². The molecule has 0 aromatic heterocycles. The Balaban J connectivity index is 4.92. The van der Waals surface area contributed by atoms with Crippen molar-refractivity contribution in [3.8, 4) is 0 Å². The highest BCUT2D eigenvalue weighted by Gasteiger charge is 2.36. The summed E-state index contributed by atoms with van der Waals surface area (Å²) in [6.07, 6.45) is 5.02. The Morgan fingerprint density at radius 2 is 1.48 bits per heavy atom. The summed E-state index contributed by atoms with van der Waals surface area (Å²) in [4.78, 5) is 0. The van der Waals surface area contributed by atoms with Gasteiger partial charge >= 0.3 is 0 Å². The van der Waals surface area contributed by atoms with E-state index in [1.165, 1.54) is 0 Å². The van der Waals surface area contributed by atoms with Crippen molar-refractivity contribution in [3.63, 3.8) is 0 Å². The molecule has 0 unspecified atom stereocenters. The second-order valence-corrected chi connectivity index (χ2v) is 18.9. The highest BCUT2D eigenvalue weighted by Crippen LogP contribution is 2.36. The fraction of sp³-hybridized carbons (Fsp3) is 0.800. The van der Waals surface area contributed by atoms with Crippen molar-refractivity contribution in [3.05, 3.63) is 23.4 Å². The van der Waals surface area contributed by atoms with Gasteiger partial charge in [-0.05, 0) is 44.0 Å². The maximum atomic E-state index is 6.25. The predicted octanol–water partition coefficient (Wildman–Crippen LogP) is 6.16. The van der Waals surface area contributed by atoms with Crippen molar-refractivity contribution in [2.75, 3.05) is 19.8 Å². The molecule has 0 saturated carbocycles. The Bertz CT molecular complexity index is 423. The Morgan fingerprint density at radius 3 is 1.88 bits per heavy atom. The van der Waals surface area contributed by atoms with Crippen LogP contribution >= 0.6 is 0 Å². The molecule has 0 radical (unpaired) electrons. The van der Waals surface area contributed by atoms with Crippen LogP contribution in [0.25, 0.3) is 0 Å². The number of rotatable bonds is 11. The average molecular weight is 387 g/mol. The SMILES string of the molecule is CCOC(OCC)C(=C\[Si](C)(C)C)/C=C/CCO[Si](C)(C)C(C)(C)C. The number of ether oxygens (including phenoxy) is 2. The van der Waals surface area contributed by atoms with Crippen LogP contribution in [0.1, 0.15) is 41.0 Å². The lowest BCUT2D eigenvalue weighted by atomic mass is 10.2. The van der Waals surface area contributed by atoms with Crippen LogP contribution < -0.4 is 0 Å². The molecule has 3 nitrogen and oxygen atoms in total. The fourth-order valence-corrected chi connectivity index (χ4v) is 4.35. The lowest BCUT2D eigenvalue weighted by Gasteiger charge is -2.36. The van der Waals surface area contributed by atoms with Crippen molar-refractivity contribution in [2.24, 2.45) is 0 Å². The fourth-order valence-electron chi connectivity index (χ4n) is 2.06. The van der Waals surface area contributed by atoms with E-state index in [-0.39, 0.29) is 11.3 Å². The van der Waals surface area contributed by atoms with Crippen molar-refractivity contribution in [2.45, 2.75) is 85.1 Å². The lowest BCUT2D eigenvalue weighted by Crippen LogP contribution is -2.40. The third kappa shape index (κ3) is 10.5. The van der Waals surface area contributed by atoms with Crippen LogP contribution in [0.4, 0.5) is 0 Å². The summed E-state index contributed by atoms with van der Waals surface area (Å²) in [5.74, 6) is 0. The quantitative estimate of drug-likeness (QED) is 0.184. The lowest BCUT2D eigenvalue weighted by molar-refractivity contribution is -0.109. The standard InChI is InChI=1S/C20H42O3Si2/c1-11-21-19(22-12-2)18(17-24(6,7)8)15-13-14-16-23-25(9,10)20(3,4)5/h13,15,17,19H,11-12,14,16H2,1-10H3/b15-13+,18-17-. The van der Waals surface area contributed by atoms with Gasteiger partial charge in [0.2, 0.25) is 0 Å². The maximum absolute atomic E-state index is 6.25. The van der Waals surface area contributed by atoms with Gasteiger partial charge in [-0.25, -0.2) is 0 Å². The van der Waals surface area contributed by atoms with Gasteiger partial charge in [-0.1, -0.05) is 58.3 Å². The summed E-state index contributed by atoms with van der Waals surface area (Å²) >= 11 is 0. The molecule has 0 aromatic carbocycles. The van der Waals surface area contributed by atoms with Gasteiger partial charge < -0.3 is 13.9 Å². The van der Waals surface area contributed by atoms with E-state index in [4.69, 9.17) is 13.9 Å². The molecule has 0 aliphatic rings. The van der Waals surface area contributed by atoms with E-state index >= 15 is 0 Å². The minimum absolute atomic E-state index is 0.259. The van der Waals surface area contributed by atoms with Crippen LogP contribution in [0, 0.1) is 0 Å². The minimum Gasteiger partial charge on any atom is -0.417 e. The van der Waals surface area contributed by atoms with Crippen LogP contribution in [0.3, 0.4) is 0 Å². The highest BCUT2D eigenvalue weighted by molar-refractivity contribution is 6.81. The molecule has 0 N–H and O–H groups in total. The smallest absolute Gasteiger partial charge is 0.191 e. The molecule has 0 aromatic rings. The van der Waals surface area contributed by atoms with E-state index in [0.717, 1.165) is 18.6 Å². The molecular weight excluding hydrogens is 344 g/mol. The first kappa shape index (κ1) is 24.8. The molecule has 0 amide bonds. The molecule has 25 heavy (non-hydrogen) atoms. The summed E-state index contributed by atoms with van der Waals surface area (Å²) in [5.41, 5.74) is 3.52. The Hall–Kier alpha value is -0.206. The van der Waals surface area contributed by atoms with Crippen LogP contribution in [-0.4, -0.2) is 42.5 Å². The van der Waals surface area contributed by atoms with Crippen LogP contribution in [0.2, 0.25) is 37.8 Å². The summed E-state index contributed by atoms with van der Waals surface area (Å²) in [6, 6.07) is 0. The molecule has 0 aliphatic carbocycles. The third-order valence-corrected chi connectivity index (χ3v) is 10.1. The molecule has 0 atom stereocenters. The second kappa shape index (κ2) is 10.8. The van der Waals surface area contributed by atoms with Crippen molar-refractivity contribution in [1.29, 1.82) is 0 Å². The third-order valence-electron chi connectivity index (χ3n) is 4.37. The number of hydrogen-bond acceptors (Lipinski definition) is 3. The predicted molar refractivity (Wildman–Crippen MR) is 115 cm³/mol. The van der Waals surface area contributed by atoms with E-state index in [0.29, 0.717) is 13.2 Å². The Labute approximate surface area is 159 Å². The maximum Gasteiger partial charge on any atom is 0.191 e. The molecule has 0 fully saturated rings. The van der Waals surface area contributed by atoms with E-state index in [2.05, 4.69) is 71.4 Å². The van der Waals surface area contributed by atoms with Gasteiger partial charge in [-0.3, -0.25) is 0 Å². The molecule has 5 heteroatoms. The summed E-state index contributed by atoms with van der Waals surface area (Å²) in [5, 5.41) is 0.259. The molecule has 0 rings (SSSR count). The molecule has 0 aliphatic heterocycles. The first-order chi connectivity index (χ1) is 11.3. The van der Waals surface area contributed by atoms with Gasteiger partial charge in [-0.15, -0.1) is 0 Å². The first-order valence-corrected chi connectivity index (χ1v) is 16.1. The van der Waals surface area contributed by atoms with Crippen LogP contribution in [0.5, 0.6) is 0 Å². The van der Waals surface area contributed by atoms with Crippen LogP contribution in [0.15, 0.2) is 23.4 Å². The highest BCUT2D eigenvalue weighted by atomic mass is 28.4. The molecular formula is C20H42O3Si2. The zero-order valence-corrected chi connectivity index (χ0v) is 20.4. The van der Waals surface area contributed by atoms with Crippen molar-refractivity contribution in [1.82, 2.24) is 0 Å². The summed E-state index contributed by atoms with van der Waals surface area (Å²) in [7, 11) is -3.02. The Kier molecular flexibility index (Phi) is 10.7. The Morgan fingerprint density at radius 1 is 0.960 bits per heavy atom. The minimum atomic E-state index is -1.66. The van der Waals surface area contributed by atoms with Crippen molar-refractivity contribution >= 4 is 16.4 Å². The summed E-state index contributed by atoms with van der Waals surface area (Å²) < 4.78 is 17.9. The van der Waals surface area contributed by atoms with Gasteiger partial charge in [0.15, 0.2) is 14.6 Å². The van der Waals surface area contributed by atoms with E-state index in [9.17, 15) is 0 Å². The molecule has 0 saturated heterocycles. The van der Waals surface area contributed by atoms with Gasteiger partial charge in [0, 0.05) is 19.8 Å². The van der Waals surface area contributed by atoms with Gasteiger partial charge in [0.1, 0.15) is 0 Å². The topological polar surface area (TPSA) is 27.7 Å². The number of hydrogen-bond donors (Lipinski definition) is 0. The normalized spacial score (nSPS) is 14.8. The molecule has 0 bridgehead atoms. The molecule has 0 heterocycles. The van der Waals surface area contributed by atoms with Gasteiger partial charge in [0.05, 0.1) is 8.07 Å². The van der Waals surface area contributed by atoms with Gasteiger partial charge in [-0.2, -0.15) is 0 Å². The van der Waals surface area contributed by atoms with E-state index in [1.807, 2.05) is 13.8 Å². The first-order valence-electron chi connectivity index (χ1n) is 9.60. The average Bonchev–Trinajstić information content (AvgIpc) is 2.43. The largest absolute Gasteiger partial charge is 0.417 e. The van der Waals surface area contributed by atoms with Gasteiger partial charge in [0.25, 0.3) is 0 Å². The summed E-state index contributed by atoms with van der Waals surface area (Å²) in [6.45, 7) is 24.5. The molecule has 148 valence electrons.